The van der Waals surface area contributed by atoms with E-state index in [9.17, 15) is 5.11 Å². The van der Waals surface area contributed by atoms with Gasteiger partial charge in [0.05, 0.1) is 6.61 Å². The van der Waals surface area contributed by atoms with Crippen LogP contribution in [0.3, 0.4) is 0 Å². The van der Waals surface area contributed by atoms with Gasteiger partial charge in [-0.25, -0.2) is 0 Å². The zero-order chi connectivity index (χ0) is 14.4. The average Bonchev–Trinajstić information content (AvgIpc) is 2.88. The molecule has 108 valence electrons. The summed E-state index contributed by atoms with van der Waals surface area (Å²) in [5, 5.41) is 9.33. The first-order chi connectivity index (χ1) is 9.67. The molecule has 0 spiro atoms. The van der Waals surface area contributed by atoms with E-state index in [-0.39, 0.29) is 12.1 Å². The predicted octanol–water partition coefficient (Wildman–Crippen LogP) is 3.19. The van der Waals surface area contributed by atoms with Gasteiger partial charge < -0.3 is 10.8 Å². The molecule has 0 radical (unpaired) electrons. The molecule has 1 aliphatic carbocycles. The maximum Gasteiger partial charge on any atom is 0.0611 e. The topological polar surface area (TPSA) is 46.2 Å². The van der Waals surface area contributed by atoms with Crippen molar-refractivity contribution in [1.82, 2.24) is 0 Å². The van der Waals surface area contributed by atoms with E-state index >= 15 is 0 Å². The van der Waals surface area contributed by atoms with Gasteiger partial charge in [0, 0.05) is 17.5 Å². The SMILES string of the molecule is CCCCC#Cc1ccc([C@@H]2CC[C@@](N)(CO)C2)cc1. The number of nitrogens with two attached hydrogens (primary N) is 1. The number of hydrogen-bond acceptors (Lipinski definition) is 2. The van der Waals surface area contributed by atoms with Crippen LogP contribution in [0.15, 0.2) is 24.3 Å². The summed E-state index contributed by atoms with van der Waals surface area (Å²) in [5.74, 6) is 6.90. The fourth-order valence-electron chi connectivity index (χ4n) is 2.85. The lowest BCUT2D eigenvalue weighted by Crippen LogP contribution is -2.40. The zero-order valence-corrected chi connectivity index (χ0v) is 12.4. The van der Waals surface area contributed by atoms with Gasteiger partial charge in [-0.05, 0) is 49.3 Å². The minimum absolute atomic E-state index is 0.0878. The Morgan fingerprint density at radius 1 is 1.35 bits per heavy atom. The minimum atomic E-state index is -0.372. The Bertz CT molecular complexity index is 482. The molecular weight excluding hydrogens is 246 g/mol. The summed E-state index contributed by atoms with van der Waals surface area (Å²) in [6.45, 7) is 2.27. The van der Waals surface area contributed by atoms with Gasteiger partial charge in [-0.2, -0.15) is 0 Å². The summed E-state index contributed by atoms with van der Waals surface area (Å²) >= 11 is 0. The molecule has 20 heavy (non-hydrogen) atoms. The highest BCUT2D eigenvalue weighted by Gasteiger charge is 2.35. The molecule has 0 aliphatic heterocycles. The van der Waals surface area contributed by atoms with Gasteiger partial charge in [0.25, 0.3) is 0 Å². The third-order valence-electron chi connectivity index (χ3n) is 4.23. The fourth-order valence-corrected chi connectivity index (χ4v) is 2.85. The monoisotopic (exact) mass is 271 g/mol. The van der Waals surface area contributed by atoms with Crippen molar-refractivity contribution in [3.8, 4) is 11.8 Å². The molecule has 1 aliphatic rings. The summed E-state index contributed by atoms with van der Waals surface area (Å²) in [6.07, 6.45) is 6.21. The molecule has 0 saturated heterocycles. The van der Waals surface area contributed by atoms with Crippen molar-refractivity contribution in [2.75, 3.05) is 6.61 Å². The number of hydrogen-bond donors (Lipinski definition) is 2. The number of benzene rings is 1. The van der Waals surface area contributed by atoms with E-state index in [1.807, 2.05) is 0 Å². The minimum Gasteiger partial charge on any atom is -0.394 e. The van der Waals surface area contributed by atoms with Crippen LogP contribution in [0.25, 0.3) is 0 Å². The summed E-state index contributed by atoms with van der Waals surface area (Å²) in [7, 11) is 0. The van der Waals surface area contributed by atoms with Crippen LogP contribution in [-0.4, -0.2) is 17.3 Å². The second-order valence-electron chi connectivity index (χ2n) is 5.99. The standard InChI is InChI=1S/C18H25NO/c1-2-3-4-5-6-15-7-9-16(10-8-15)17-11-12-18(19,13-17)14-20/h7-10,17,20H,2-4,11-14,19H2,1H3/t17-,18+/m1/s1. The second-order valence-corrected chi connectivity index (χ2v) is 5.99. The summed E-state index contributed by atoms with van der Waals surface area (Å²) in [6, 6.07) is 8.53. The average molecular weight is 271 g/mol. The van der Waals surface area contributed by atoms with Crippen LogP contribution in [-0.2, 0) is 0 Å². The van der Waals surface area contributed by atoms with E-state index in [2.05, 4.69) is 43.0 Å². The normalized spacial score (nSPS) is 25.2. The Kier molecular flexibility index (Phi) is 5.23. The Hall–Kier alpha value is -1.30. The second kappa shape index (κ2) is 6.92. The molecule has 0 bridgehead atoms. The Labute approximate surface area is 122 Å². The maximum atomic E-state index is 9.33. The molecule has 1 fully saturated rings. The number of aliphatic hydroxyl groups excluding tert-OH is 1. The highest BCUT2D eigenvalue weighted by atomic mass is 16.3. The van der Waals surface area contributed by atoms with E-state index in [0.717, 1.165) is 31.2 Å². The van der Waals surface area contributed by atoms with Crippen LogP contribution >= 0.6 is 0 Å². The molecule has 0 heterocycles. The van der Waals surface area contributed by atoms with Crippen LogP contribution in [0.2, 0.25) is 0 Å². The first-order valence-electron chi connectivity index (χ1n) is 7.65. The van der Waals surface area contributed by atoms with Crippen molar-refractivity contribution in [1.29, 1.82) is 0 Å². The summed E-state index contributed by atoms with van der Waals surface area (Å²) in [4.78, 5) is 0. The van der Waals surface area contributed by atoms with Crippen LogP contribution < -0.4 is 5.73 Å². The van der Waals surface area contributed by atoms with Gasteiger partial charge in [-0.15, -0.1) is 0 Å². The van der Waals surface area contributed by atoms with E-state index in [1.165, 1.54) is 18.4 Å². The van der Waals surface area contributed by atoms with Gasteiger partial charge >= 0.3 is 0 Å². The van der Waals surface area contributed by atoms with Crippen LogP contribution in [0.5, 0.6) is 0 Å². The molecule has 0 aromatic heterocycles. The first kappa shape index (κ1) is 15.1. The summed E-state index contributed by atoms with van der Waals surface area (Å²) in [5.41, 5.74) is 8.18. The Balaban J connectivity index is 1.96. The Morgan fingerprint density at radius 3 is 2.70 bits per heavy atom. The van der Waals surface area contributed by atoms with Gasteiger partial charge in [-0.1, -0.05) is 37.3 Å². The number of aliphatic hydroxyl groups is 1. The molecular formula is C18H25NO. The fraction of sp³-hybridized carbons (Fsp3) is 0.556. The quantitative estimate of drug-likeness (QED) is 0.652. The molecule has 1 saturated carbocycles. The smallest absolute Gasteiger partial charge is 0.0611 e. The highest BCUT2D eigenvalue weighted by molar-refractivity contribution is 5.37. The van der Waals surface area contributed by atoms with Gasteiger partial charge in [-0.3, -0.25) is 0 Å². The van der Waals surface area contributed by atoms with Crippen LogP contribution in [0, 0.1) is 11.8 Å². The summed E-state index contributed by atoms with van der Waals surface area (Å²) < 4.78 is 0. The van der Waals surface area contributed by atoms with Crippen LogP contribution in [0.4, 0.5) is 0 Å². The molecule has 2 nitrogen and oxygen atoms in total. The molecule has 2 heteroatoms. The van der Waals surface area contributed by atoms with E-state index < -0.39 is 0 Å². The third kappa shape index (κ3) is 3.85. The largest absolute Gasteiger partial charge is 0.394 e. The maximum absolute atomic E-state index is 9.33. The molecule has 0 unspecified atom stereocenters. The van der Waals surface area contributed by atoms with Gasteiger partial charge in [0.2, 0.25) is 0 Å². The van der Waals surface area contributed by atoms with E-state index in [4.69, 9.17) is 5.73 Å². The molecule has 1 aromatic rings. The molecule has 2 rings (SSSR count). The van der Waals surface area contributed by atoms with Crippen molar-refractivity contribution >= 4 is 0 Å². The van der Waals surface area contributed by atoms with Crippen molar-refractivity contribution in [2.45, 2.75) is 56.9 Å². The Morgan fingerprint density at radius 2 is 2.10 bits per heavy atom. The lowest BCUT2D eigenvalue weighted by Gasteiger charge is -2.20. The third-order valence-corrected chi connectivity index (χ3v) is 4.23. The lowest BCUT2D eigenvalue weighted by atomic mass is 9.93. The number of unbranched alkanes of at least 4 members (excludes halogenated alkanes) is 2. The van der Waals surface area contributed by atoms with E-state index in [0.29, 0.717) is 5.92 Å². The molecule has 3 N–H and O–H groups in total. The van der Waals surface area contributed by atoms with Crippen LogP contribution in [0.1, 0.15) is 62.5 Å². The molecule has 1 aromatic carbocycles. The molecule has 0 amide bonds. The lowest BCUT2D eigenvalue weighted by molar-refractivity contribution is 0.198. The van der Waals surface area contributed by atoms with Crippen molar-refractivity contribution in [3.63, 3.8) is 0 Å². The highest BCUT2D eigenvalue weighted by Crippen LogP contribution is 2.39. The van der Waals surface area contributed by atoms with Crippen molar-refractivity contribution in [2.24, 2.45) is 5.73 Å². The predicted molar refractivity (Wildman–Crippen MR) is 83.4 cm³/mol. The number of rotatable bonds is 4. The van der Waals surface area contributed by atoms with Crippen molar-refractivity contribution in [3.05, 3.63) is 35.4 Å². The first-order valence-corrected chi connectivity index (χ1v) is 7.65. The molecule has 2 atom stereocenters. The van der Waals surface area contributed by atoms with Gasteiger partial charge in [0.1, 0.15) is 0 Å². The van der Waals surface area contributed by atoms with E-state index in [1.54, 1.807) is 0 Å². The van der Waals surface area contributed by atoms with Crippen molar-refractivity contribution < 1.29 is 5.11 Å². The zero-order valence-electron chi connectivity index (χ0n) is 12.4. The van der Waals surface area contributed by atoms with Gasteiger partial charge in [0.15, 0.2) is 0 Å².